The topological polar surface area (TPSA) is 62.7 Å². The van der Waals surface area contributed by atoms with Gasteiger partial charge in [0.15, 0.2) is 0 Å². The number of rotatable bonds is 3. The van der Waals surface area contributed by atoms with Gasteiger partial charge in [-0.25, -0.2) is 0 Å². The second-order valence-corrected chi connectivity index (χ2v) is 4.80. The van der Waals surface area contributed by atoms with Crippen molar-refractivity contribution in [2.75, 3.05) is 17.7 Å². The van der Waals surface area contributed by atoms with Crippen LogP contribution in [-0.2, 0) is 0 Å². The number of hydrogen-bond donors (Lipinski definition) is 2. The van der Waals surface area contributed by atoms with Crippen LogP contribution < -0.4 is 10.6 Å². The van der Waals surface area contributed by atoms with Crippen LogP contribution in [0.25, 0.3) is 0 Å². The van der Waals surface area contributed by atoms with Crippen molar-refractivity contribution in [1.29, 1.82) is 0 Å². The van der Waals surface area contributed by atoms with Crippen LogP contribution in [0, 0.1) is 6.92 Å². The first kappa shape index (κ1) is 13.0. The maximum atomic E-state index is 5.81. The predicted octanol–water partition coefficient (Wildman–Crippen LogP) is 3.38. The quantitative estimate of drug-likeness (QED) is 0.904. The average molecular weight is 329 g/mol. The molecule has 0 atom stereocenters. The summed E-state index contributed by atoms with van der Waals surface area (Å²) in [5, 5.41) is 6.04. The van der Waals surface area contributed by atoms with Crippen LogP contribution in [0.3, 0.4) is 0 Å². The van der Waals surface area contributed by atoms with Gasteiger partial charge in [0.05, 0.1) is 5.69 Å². The first-order valence-electron chi connectivity index (χ1n) is 5.21. The lowest BCUT2D eigenvalue weighted by molar-refractivity contribution is 1.05. The highest BCUT2D eigenvalue weighted by molar-refractivity contribution is 9.10. The molecule has 7 heteroatoms. The number of benzene rings is 1. The zero-order valence-electron chi connectivity index (χ0n) is 9.83. The molecule has 1 aromatic heterocycles. The third-order valence-corrected chi connectivity index (χ3v) is 3.03. The van der Waals surface area contributed by atoms with E-state index in [1.54, 1.807) is 7.05 Å². The Bertz CT molecular complexity index is 575. The Hall–Kier alpha value is -1.40. The molecule has 0 saturated carbocycles. The first-order valence-corrected chi connectivity index (χ1v) is 6.38. The van der Waals surface area contributed by atoms with Crippen molar-refractivity contribution in [3.63, 3.8) is 0 Å². The van der Waals surface area contributed by atoms with Crippen LogP contribution >= 0.6 is 27.5 Å². The molecule has 0 radical (unpaired) electrons. The van der Waals surface area contributed by atoms with E-state index >= 15 is 0 Å². The molecule has 0 aliphatic carbocycles. The summed E-state index contributed by atoms with van der Waals surface area (Å²) in [7, 11) is 1.72. The monoisotopic (exact) mass is 327 g/mol. The molecular formula is C11H11BrClN5. The van der Waals surface area contributed by atoms with Gasteiger partial charge in [0.1, 0.15) is 0 Å². The van der Waals surface area contributed by atoms with Gasteiger partial charge in [0.2, 0.25) is 17.2 Å². The Morgan fingerprint density at radius 3 is 2.56 bits per heavy atom. The molecule has 5 nitrogen and oxygen atoms in total. The van der Waals surface area contributed by atoms with Crippen LogP contribution in [0.5, 0.6) is 0 Å². The molecular weight excluding hydrogens is 318 g/mol. The van der Waals surface area contributed by atoms with Gasteiger partial charge in [-0.2, -0.15) is 15.0 Å². The number of halogens is 2. The van der Waals surface area contributed by atoms with E-state index in [0.29, 0.717) is 11.9 Å². The van der Waals surface area contributed by atoms with Gasteiger partial charge in [-0.05, 0) is 52.2 Å². The third-order valence-electron chi connectivity index (χ3n) is 2.20. The average Bonchev–Trinajstić information content (AvgIpc) is 2.32. The van der Waals surface area contributed by atoms with E-state index in [-0.39, 0.29) is 5.28 Å². The normalized spacial score (nSPS) is 10.2. The van der Waals surface area contributed by atoms with E-state index in [1.165, 1.54) is 0 Å². The number of aromatic nitrogens is 3. The molecule has 0 amide bonds. The summed E-state index contributed by atoms with van der Waals surface area (Å²) < 4.78 is 0.935. The van der Waals surface area contributed by atoms with Crippen LogP contribution in [0.4, 0.5) is 17.6 Å². The minimum atomic E-state index is 0.139. The zero-order chi connectivity index (χ0) is 13.1. The fourth-order valence-electron chi connectivity index (χ4n) is 1.36. The predicted molar refractivity (Wildman–Crippen MR) is 76.5 cm³/mol. The molecule has 0 saturated heterocycles. The summed E-state index contributed by atoms with van der Waals surface area (Å²) in [5.41, 5.74) is 2.03. The first-order chi connectivity index (χ1) is 8.58. The third kappa shape index (κ3) is 3.08. The maximum absolute atomic E-state index is 5.81. The van der Waals surface area contributed by atoms with Crippen LogP contribution in [-0.4, -0.2) is 22.0 Å². The minimum absolute atomic E-state index is 0.139. The van der Waals surface area contributed by atoms with Crippen LogP contribution in [0.1, 0.15) is 5.56 Å². The zero-order valence-corrected chi connectivity index (χ0v) is 12.2. The van der Waals surface area contributed by atoms with Gasteiger partial charge in [-0.1, -0.05) is 6.07 Å². The Balaban J connectivity index is 2.30. The Kier molecular flexibility index (Phi) is 3.98. The molecule has 1 heterocycles. The molecule has 0 unspecified atom stereocenters. The highest BCUT2D eigenvalue weighted by Crippen LogP contribution is 2.26. The Morgan fingerprint density at radius 1 is 1.17 bits per heavy atom. The molecule has 0 spiro atoms. The number of aryl methyl sites for hydroxylation is 1. The van der Waals surface area contributed by atoms with Crippen molar-refractivity contribution in [1.82, 2.24) is 15.0 Å². The lowest BCUT2D eigenvalue weighted by atomic mass is 10.2. The Labute approximate surface area is 118 Å². The molecule has 18 heavy (non-hydrogen) atoms. The lowest BCUT2D eigenvalue weighted by Gasteiger charge is -2.08. The Morgan fingerprint density at radius 2 is 1.89 bits per heavy atom. The summed E-state index contributed by atoms with van der Waals surface area (Å²) >= 11 is 9.28. The molecule has 2 aromatic rings. The van der Waals surface area contributed by atoms with Crippen molar-refractivity contribution in [3.05, 3.63) is 33.5 Å². The molecule has 0 fully saturated rings. The van der Waals surface area contributed by atoms with Crippen LogP contribution in [0.2, 0.25) is 5.28 Å². The van der Waals surface area contributed by atoms with E-state index in [1.807, 2.05) is 25.1 Å². The molecule has 1 aromatic carbocycles. The molecule has 2 N–H and O–H groups in total. The summed E-state index contributed by atoms with van der Waals surface area (Å²) in [6.07, 6.45) is 0. The summed E-state index contributed by atoms with van der Waals surface area (Å²) in [4.78, 5) is 12.1. The van der Waals surface area contributed by atoms with Crippen molar-refractivity contribution < 1.29 is 0 Å². The summed E-state index contributed by atoms with van der Waals surface area (Å²) in [5.74, 6) is 0.810. The molecule has 94 valence electrons. The number of hydrogen-bond acceptors (Lipinski definition) is 5. The van der Waals surface area contributed by atoms with Crippen molar-refractivity contribution in [2.24, 2.45) is 0 Å². The molecule has 2 rings (SSSR count). The number of nitrogens with one attached hydrogen (secondary N) is 2. The van der Waals surface area contributed by atoms with Gasteiger partial charge in [0, 0.05) is 11.5 Å². The van der Waals surface area contributed by atoms with Gasteiger partial charge in [-0.3, -0.25) is 0 Å². The summed E-state index contributed by atoms with van der Waals surface area (Å²) in [6, 6.07) is 5.94. The van der Waals surface area contributed by atoms with Gasteiger partial charge in [0.25, 0.3) is 0 Å². The molecule has 0 aliphatic heterocycles. The van der Waals surface area contributed by atoms with Crippen molar-refractivity contribution >= 4 is 45.1 Å². The fourth-order valence-corrected chi connectivity index (χ4v) is 2.11. The van der Waals surface area contributed by atoms with Crippen LogP contribution in [0.15, 0.2) is 22.7 Å². The molecule has 0 aliphatic rings. The van der Waals surface area contributed by atoms with E-state index < -0.39 is 0 Å². The van der Waals surface area contributed by atoms with Crippen molar-refractivity contribution in [2.45, 2.75) is 6.92 Å². The second kappa shape index (κ2) is 5.49. The second-order valence-electron chi connectivity index (χ2n) is 3.61. The SMILES string of the molecule is CNc1nc(Cl)nc(Nc2ccc(C)cc2Br)n1. The van der Waals surface area contributed by atoms with Gasteiger partial charge >= 0.3 is 0 Å². The minimum Gasteiger partial charge on any atom is -0.357 e. The fraction of sp³-hybridized carbons (Fsp3) is 0.182. The molecule has 0 bridgehead atoms. The maximum Gasteiger partial charge on any atom is 0.233 e. The highest BCUT2D eigenvalue weighted by Gasteiger charge is 2.06. The number of nitrogens with zero attached hydrogens (tertiary/aromatic N) is 3. The highest BCUT2D eigenvalue weighted by atomic mass is 79.9. The van der Waals surface area contributed by atoms with Crippen molar-refractivity contribution in [3.8, 4) is 0 Å². The largest absolute Gasteiger partial charge is 0.357 e. The van der Waals surface area contributed by atoms with E-state index in [9.17, 15) is 0 Å². The van der Waals surface area contributed by atoms with E-state index in [2.05, 4.69) is 41.5 Å². The number of anilines is 3. The smallest absolute Gasteiger partial charge is 0.233 e. The lowest BCUT2D eigenvalue weighted by Crippen LogP contribution is -2.04. The summed E-state index contributed by atoms with van der Waals surface area (Å²) in [6.45, 7) is 2.02. The van der Waals surface area contributed by atoms with Gasteiger partial charge in [-0.15, -0.1) is 0 Å². The standard InChI is InChI=1S/C11H11BrClN5/c1-6-3-4-8(7(12)5-6)15-11-17-9(13)16-10(14-2)18-11/h3-5H,1-2H3,(H2,14,15,16,17,18). The van der Waals surface area contributed by atoms with E-state index in [4.69, 9.17) is 11.6 Å². The van der Waals surface area contributed by atoms with Gasteiger partial charge < -0.3 is 10.6 Å². The van der Waals surface area contributed by atoms with E-state index in [0.717, 1.165) is 15.7 Å².